The number of carbonyl (C=O) groups is 5. The van der Waals surface area contributed by atoms with Gasteiger partial charge in [-0.2, -0.15) is 18.2 Å². The van der Waals surface area contributed by atoms with Crippen molar-refractivity contribution in [2.24, 2.45) is 0 Å². The lowest BCUT2D eigenvalue weighted by atomic mass is 10.0. The van der Waals surface area contributed by atoms with E-state index in [9.17, 15) is 45.6 Å². The van der Waals surface area contributed by atoms with E-state index in [1.807, 2.05) is 0 Å². The normalized spacial score (nSPS) is 14.8. The second-order valence-electron chi connectivity index (χ2n) is 15.1. The van der Waals surface area contributed by atoms with Gasteiger partial charge in [-0.05, 0) is 68.1 Å². The number of unbranched alkanes of at least 4 members (excludes halogenated alkanes) is 2. The number of aryl methyl sites for hydroxylation is 1. The van der Waals surface area contributed by atoms with E-state index >= 15 is 0 Å². The number of rotatable bonds is 17. The van der Waals surface area contributed by atoms with Gasteiger partial charge in [0, 0.05) is 68.1 Å². The first-order valence-electron chi connectivity index (χ1n) is 20.5. The molecule has 7 rings (SSSR count). The Hall–Kier alpha value is -7.78. The topological polar surface area (TPSA) is 253 Å². The number of alkyl halides is 3. The van der Waals surface area contributed by atoms with Gasteiger partial charge in [0.15, 0.2) is 5.69 Å². The molecule has 1 fully saturated rings. The summed E-state index contributed by atoms with van der Waals surface area (Å²) in [6.07, 6.45) is 1.91. The Labute approximate surface area is 380 Å². The monoisotopic (exact) mass is 942 g/mol. The fourth-order valence-corrected chi connectivity index (χ4v) is 7.45. The summed E-state index contributed by atoms with van der Waals surface area (Å²) in [5.74, 6) is 2.15. The van der Waals surface area contributed by atoms with Crippen molar-refractivity contribution in [3.05, 3.63) is 107 Å². The standard InChI is InChI=1S/C43H41F3N12O8S/c1-56(67(2,64)65)37-27(10-7-19-47-37)23-48-36-31(43(44,45)46)24-49-42(53-36)51-29-15-13-28(14-16-29)50-38(60)32-25-57(55-54-32)20-4-3-5-21-66-22-8-11-26-9-6-12-30-35(26)41(63)58(40(30)62)33-17-18-34(59)52-39(33)61/h6-7,9-10,12-16,19,24-25,33H,3-5,17-18,20-23H2,1-2H3,(H,50,60)(H,52,59,61)(H2,48,49,51,53). The number of hydrogen-bond acceptors (Lipinski definition) is 15. The average Bonchev–Trinajstić information content (AvgIpc) is 3.87. The Balaban J connectivity index is 0.840. The number of anilines is 5. The summed E-state index contributed by atoms with van der Waals surface area (Å²) in [6.45, 7) is 0.715. The number of hydrogen-bond donors (Lipinski definition) is 4. The largest absolute Gasteiger partial charge is 0.421 e. The number of pyridine rings is 1. The molecule has 1 atom stereocenters. The first kappa shape index (κ1) is 47.2. The van der Waals surface area contributed by atoms with Crippen LogP contribution in [0.3, 0.4) is 0 Å². The molecule has 2 aliphatic rings. The maximum Gasteiger partial charge on any atom is 0.421 e. The Morgan fingerprint density at radius 1 is 1.00 bits per heavy atom. The van der Waals surface area contributed by atoms with Crippen LogP contribution in [0, 0.1) is 11.8 Å². The highest BCUT2D eigenvalue weighted by atomic mass is 32.2. The minimum absolute atomic E-state index is 0.0206. The molecule has 0 bridgehead atoms. The van der Waals surface area contributed by atoms with E-state index in [2.05, 4.69) is 58.4 Å². The zero-order chi connectivity index (χ0) is 47.9. The molecular formula is C43H41F3N12O8S. The summed E-state index contributed by atoms with van der Waals surface area (Å²) in [5.41, 5.74) is 0.612. The molecule has 4 N–H and O–H groups in total. The van der Waals surface area contributed by atoms with E-state index in [1.54, 1.807) is 36.4 Å². The SMILES string of the molecule is CN(c1ncccc1CNc1nc(Nc2ccc(NC(=O)c3cn(CCCCCOCC#Cc4cccc5c4C(=O)N(C4CCC(=O)NC4=O)C5=O)nn3)cc2)ncc1C(F)(F)F)S(C)(=O)=O. The zero-order valence-electron chi connectivity index (χ0n) is 35.8. The number of sulfonamides is 1. The van der Waals surface area contributed by atoms with Crippen LogP contribution in [0.1, 0.15) is 80.0 Å². The quantitative estimate of drug-likeness (QED) is 0.0581. The van der Waals surface area contributed by atoms with Crippen LogP contribution in [0.4, 0.5) is 42.1 Å². The average molecular weight is 943 g/mol. The molecule has 2 aliphatic heterocycles. The molecule has 67 heavy (non-hydrogen) atoms. The predicted molar refractivity (Wildman–Crippen MR) is 234 cm³/mol. The molecule has 5 aromatic rings. The number of fused-ring (bicyclic) bond motifs is 1. The van der Waals surface area contributed by atoms with Crippen LogP contribution in [-0.4, -0.2) is 105 Å². The van der Waals surface area contributed by atoms with Crippen molar-refractivity contribution in [1.82, 2.24) is 40.2 Å². The molecule has 2 aromatic carbocycles. The molecule has 1 unspecified atom stereocenters. The second kappa shape index (κ2) is 20.2. The predicted octanol–water partition coefficient (Wildman–Crippen LogP) is 4.13. The molecule has 348 valence electrons. The van der Waals surface area contributed by atoms with Gasteiger partial charge in [-0.25, -0.2) is 18.4 Å². The molecule has 5 amide bonds. The minimum atomic E-state index is -4.81. The van der Waals surface area contributed by atoms with E-state index in [-0.39, 0.29) is 54.6 Å². The third-order valence-corrected chi connectivity index (χ3v) is 11.6. The Bertz CT molecular complexity index is 2900. The molecule has 20 nitrogen and oxygen atoms in total. The van der Waals surface area contributed by atoms with E-state index in [0.29, 0.717) is 54.7 Å². The van der Waals surface area contributed by atoms with Gasteiger partial charge >= 0.3 is 6.18 Å². The second-order valence-corrected chi connectivity index (χ2v) is 17.2. The lowest BCUT2D eigenvalue weighted by molar-refractivity contribution is -0.138. The number of halogens is 3. The van der Waals surface area contributed by atoms with Gasteiger partial charge in [-0.15, -0.1) is 5.10 Å². The summed E-state index contributed by atoms with van der Waals surface area (Å²) in [5, 5.41) is 18.3. The number of imide groups is 2. The Morgan fingerprint density at radius 3 is 2.52 bits per heavy atom. The summed E-state index contributed by atoms with van der Waals surface area (Å²) in [4.78, 5) is 75.9. The summed E-state index contributed by atoms with van der Waals surface area (Å²) < 4.78 is 74.0. The fraction of sp³-hybridized carbons (Fsp3) is 0.302. The van der Waals surface area contributed by atoms with Crippen molar-refractivity contribution in [1.29, 1.82) is 0 Å². The number of ether oxygens (including phenoxy) is 1. The van der Waals surface area contributed by atoms with Crippen LogP contribution in [0.25, 0.3) is 0 Å². The number of nitrogens with zero attached hydrogens (tertiary/aromatic N) is 8. The lowest BCUT2D eigenvalue weighted by Gasteiger charge is -2.27. The van der Waals surface area contributed by atoms with Crippen molar-refractivity contribution in [3.8, 4) is 11.8 Å². The molecule has 3 aromatic heterocycles. The molecule has 0 spiro atoms. The van der Waals surface area contributed by atoms with Crippen molar-refractivity contribution < 1.29 is 50.3 Å². The minimum Gasteiger partial charge on any atom is -0.369 e. The summed E-state index contributed by atoms with van der Waals surface area (Å²) in [7, 11) is -2.42. The highest BCUT2D eigenvalue weighted by molar-refractivity contribution is 7.92. The first-order chi connectivity index (χ1) is 32.0. The van der Waals surface area contributed by atoms with E-state index < -0.39 is 63.2 Å². The van der Waals surface area contributed by atoms with Crippen molar-refractivity contribution >= 4 is 68.5 Å². The van der Waals surface area contributed by atoms with E-state index in [4.69, 9.17) is 4.74 Å². The maximum atomic E-state index is 13.9. The number of aromatic nitrogens is 6. The summed E-state index contributed by atoms with van der Waals surface area (Å²) in [6, 6.07) is 12.9. The summed E-state index contributed by atoms with van der Waals surface area (Å²) >= 11 is 0. The number of amides is 5. The molecule has 1 saturated heterocycles. The molecular weight excluding hydrogens is 902 g/mol. The molecule has 24 heteroatoms. The first-order valence-corrected chi connectivity index (χ1v) is 22.4. The fourth-order valence-electron chi connectivity index (χ4n) is 6.97. The van der Waals surface area contributed by atoms with Gasteiger partial charge < -0.3 is 20.7 Å². The van der Waals surface area contributed by atoms with Gasteiger partial charge in [0.25, 0.3) is 17.7 Å². The molecule has 0 saturated carbocycles. The molecule has 0 aliphatic carbocycles. The highest BCUT2D eigenvalue weighted by Crippen LogP contribution is 2.35. The Morgan fingerprint density at radius 2 is 1.78 bits per heavy atom. The van der Waals surface area contributed by atoms with E-state index in [1.165, 1.54) is 42.3 Å². The van der Waals surface area contributed by atoms with Gasteiger partial charge in [0.1, 0.15) is 29.8 Å². The van der Waals surface area contributed by atoms with Crippen LogP contribution in [0.2, 0.25) is 0 Å². The Kier molecular flexibility index (Phi) is 14.2. The van der Waals surface area contributed by atoms with Gasteiger partial charge in [-0.3, -0.25) is 43.2 Å². The zero-order valence-corrected chi connectivity index (χ0v) is 36.6. The smallest absolute Gasteiger partial charge is 0.369 e. The highest BCUT2D eigenvalue weighted by Gasteiger charge is 2.45. The van der Waals surface area contributed by atoms with Crippen LogP contribution < -0.4 is 25.6 Å². The van der Waals surface area contributed by atoms with Crippen molar-refractivity contribution in [3.63, 3.8) is 0 Å². The van der Waals surface area contributed by atoms with Crippen LogP contribution in [0.5, 0.6) is 0 Å². The maximum absolute atomic E-state index is 13.9. The van der Waals surface area contributed by atoms with Gasteiger partial charge in [0.05, 0.1) is 23.6 Å². The van der Waals surface area contributed by atoms with Crippen LogP contribution in [0.15, 0.2) is 73.2 Å². The van der Waals surface area contributed by atoms with E-state index in [0.717, 1.165) is 21.9 Å². The lowest BCUT2D eigenvalue weighted by Crippen LogP contribution is -2.54. The molecule has 0 radical (unpaired) electrons. The van der Waals surface area contributed by atoms with Crippen molar-refractivity contribution in [2.75, 3.05) is 46.8 Å². The van der Waals surface area contributed by atoms with Crippen LogP contribution >= 0.6 is 0 Å². The third-order valence-electron chi connectivity index (χ3n) is 10.4. The van der Waals surface area contributed by atoms with Crippen molar-refractivity contribution in [2.45, 2.75) is 57.4 Å². The van der Waals surface area contributed by atoms with Crippen LogP contribution in [-0.2, 0) is 43.6 Å². The molecule has 5 heterocycles. The number of carbonyl (C=O) groups excluding carboxylic acids is 5. The van der Waals surface area contributed by atoms with Gasteiger partial charge in [0.2, 0.25) is 27.8 Å². The number of benzene rings is 2. The number of piperidine rings is 1. The number of nitrogens with one attached hydrogen (secondary N) is 4. The van der Waals surface area contributed by atoms with Gasteiger partial charge in [-0.1, -0.05) is 29.2 Å². The third kappa shape index (κ3) is 11.4.